The van der Waals surface area contributed by atoms with Crippen molar-refractivity contribution in [2.75, 3.05) is 39.0 Å². The number of carbonyl (C=O) groups excluding carboxylic acids is 2. The minimum Gasteiger partial charge on any atom is -0.354 e. The average Bonchev–Trinajstić information content (AvgIpc) is 2.75. The summed E-state index contributed by atoms with van der Waals surface area (Å²) in [5.74, 6) is -0.445. The van der Waals surface area contributed by atoms with E-state index in [1.165, 1.54) is 0 Å². The molecule has 1 aromatic rings. The van der Waals surface area contributed by atoms with Crippen molar-refractivity contribution in [3.8, 4) is 0 Å². The summed E-state index contributed by atoms with van der Waals surface area (Å²) in [6, 6.07) is 2.18. The second-order valence-electron chi connectivity index (χ2n) is 9.68. The van der Waals surface area contributed by atoms with Gasteiger partial charge in [0.05, 0.1) is 10.5 Å². The third kappa shape index (κ3) is 6.71. The number of benzene rings is 1. The number of nitrogens with one attached hydrogen (secondary N) is 2. The van der Waals surface area contributed by atoms with Crippen LogP contribution in [0.2, 0.25) is 0 Å². The number of sulfone groups is 1. The highest BCUT2D eigenvalue weighted by molar-refractivity contribution is 7.90. The van der Waals surface area contributed by atoms with Gasteiger partial charge in [0.2, 0.25) is 5.91 Å². The van der Waals surface area contributed by atoms with Gasteiger partial charge >= 0.3 is 6.18 Å². The van der Waals surface area contributed by atoms with Gasteiger partial charge in [0, 0.05) is 36.9 Å². The molecule has 7 nitrogen and oxygen atoms in total. The Labute approximate surface area is 198 Å². The molecular weight excluding hydrogens is 471 g/mol. The van der Waals surface area contributed by atoms with E-state index >= 15 is 0 Å². The second-order valence-corrected chi connectivity index (χ2v) is 11.7. The summed E-state index contributed by atoms with van der Waals surface area (Å²) in [5, 5.41) is 5.66. The van der Waals surface area contributed by atoms with Gasteiger partial charge in [-0.1, -0.05) is 13.3 Å². The van der Waals surface area contributed by atoms with E-state index < -0.39 is 32.4 Å². The average molecular weight is 504 g/mol. The molecular formula is C23H32F3N3O4S. The van der Waals surface area contributed by atoms with Crippen molar-refractivity contribution in [3.63, 3.8) is 0 Å². The van der Waals surface area contributed by atoms with E-state index in [1.54, 1.807) is 0 Å². The van der Waals surface area contributed by atoms with Gasteiger partial charge in [-0.2, -0.15) is 13.2 Å². The van der Waals surface area contributed by atoms with E-state index in [4.69, 9.17) is 0 Å². The minimum absolute atomic E-state index is 0.116. The molecule has 1 saturated heterocycles. The molecule has 0 radical (unpaired) electrons. The third-order valence-corrected chi connectivity index (χ3v) is 7.99. The van der Waals surface area contributed by atoms with E-state index in [9.17, 15) is 31.2 Å². The lowest BCUT2D eigenvalue weighted by molar-refractivity contribution is -0.137. The van der Waals surface area contributed by atoms with Gasteiger partial charge in [-0.05, 0) is 62.9 Å². The van der Waals surface area contributed by atoms with Crippen molar-refractivity contribution < 1.29 is 31.2 Å². The SMILES string of the molecule is CC1(C(=O)NCCN2CCC(CNC(=O)c3cc(C(F)(F)F)cc(S(C)(=O)=O)c3)CC2)CCC1. The first-order valence-corrected chi connectivity index (χ1v) is 13.4. The summed E-state index contributed by atoms with van der Waals surface area (Å²) in [6.45, 7) is 5.23. The highest BCUT2D eigenvalue weighted by Gasteiger charge is 2.39. The largest absolute Gasteiger partial charge is 0.416 e. The zero-order chi connectivity index (χ0) is 25.1. The fraction of sp³-hybridized carbons (Fsp3) is 0.652. The number of hydrogen-bond donors (Lipinski definition) is 2. The van der Waals surface area contributed by atoms with Crippen molar-refractivity contribution in [1.82, 2.24) is 15.5 Å². The Morgan fingerprint density at radius 2 is 1.76 bits per heavy atom. The molecule has 2 fully saturated rings. The molecule has 1 aromatic carbocycles. The summed E-state index contributed by atoms with van der Waals surface area (Å²) in [6.07, 6.45) is 0.625. The third-order valence-electron chi connectivity index (χ3n) is 6.90. The Morgan fingerprint density at radius 3 is 2.29 bits per heavy atom. The molecule has 0 aromatic heterocycles. The molecule has 0 spiro atoms. The highest BCUT2D eigenvalue weighted by atomic mass is 32.2. The van der Waals surface area contributed by atoms with E-state index in [1.807, 2.05) is 6.92 Å². The maximum Gasteiger partial charge on any atom is 0.416 e. The first kappa shape index (κ1) is 26.5. The van der Waals surface area contributed by atoms with Crippen LogP contribution in [0.4, 0.5) is 13.2 Å². The molecule has 2 N–H and O–H groups in total. The number of amides is 2. The van der Waals surface area contributed by atoms with Crippen LogP contribution in [0.15, 0.2) is 23.1 Å². The van der Waals surface area contributed by atoms with Crippen LogP contribution in [0, 0.1) is 11.3 Å². The number of nitrogens with zero attached hydrogens (tertiary/aromatic N) is 1. The molecule has 34 heavy (non-hydrogen) atoms. The van der Waals surface area contributed by atoms with E-state index in [-0.39, 0.29) is 22.8 Å². The van der Waals surface area contributed by atoms with Crippen LogP contribution in [-0.2, 0) is 20.8 Å². The summed E-state index contributed by atoms with van der Waals surface area (Å²) in [4.78, 5) is 26.4. The van der Waals surface area contributed by atoms with Crippen LogP contribution < -0.4 is 10.6 Å². The quantitative estimate of drug-likeness (QED) is 0.569. The lowest BCUT2D eigenvalue weighted by atomic mass is 9.70. The Kier molecular flexibility index (Phi) is 7.96. The number of piperidine rings is 1. The molecule has 0 bridgehead atoms. The van der Waals surface area contributed by atoms with E-state index in [0.717, 1.165) is 64.1 Å². The Hall–Kier alpha value is -2.14. The van der Waals surface area contributed by atoms with E-state index in [2.05, 4.69) is 15.5 Å². The normalized spacial score (nSPS) is 19.3. The van der Waals surface area contributed by atoms with Crippen LogP contribution in [0.5, 0.6) is 0 Å². The Bertz CT molecular complexity index is 1010. The number of likely N-dealkylation sites (tertiary alicyclic amines) is 1. The topological polar surface area (TPSA) is 95.6 Å². The van der Waals surface area contributed by atoms with Gasteiger partial charge in [-0.3, -0.25) is 9.59 Å². The number of alkyl halides is 3. The molecule has 2 aliphatic rings. The molecule has 3 rings (SSSR count). The molecule has 1 saturated carbocycles. The number of rotatable bonds is 8. The highest BCUT2D eigenvalue weighted by Crippen LogP contribution is 2.40. The van der Waals surface area contributed by atoms with Crippen molar-refractivity contribution >= 4 is 21.7 Å². The lowest BCUT2D eigenvalue weighted by Crippen LogP contribution is -2.47. The number of hydrogen-bond acceptors (Lipinski definition) is 5. The summed E-state index contributed by atoms with van der Waals surface area (Å²) in [5.41, 5.74) is -1.72. The van der Waals surface area contributed by atoms with Crippen LogP contribution in [0.25, 0.3) is 0 Å². The molecule has 0 atom stereocenters. The predicted octanol–water partition coefficient (Wildman–Crippen LogP) is 2.86. The summed E-state index contributed by atoms with van der Waals surface area (Å²) in [7, 11) is -3.91. The standard InChI is InChI=1S/C23H32F3N3O4S/c1-22(6-3-7-22)21(31)27-8-11-29-9-4-16(5-10-29)15-28-20(30)17-12-18(23(24,25)26)14-19(13-17)34(2,32)33/h12-14,16H,3-11,15H2,1-2H3,(H,27,31)(H,28,30). The van der Waals surface area contributed by atoms with Crippen LogP contribution >= 0.6 is 0 Å². The maximum atomic E-state index is 13.2. The van der Waals surface area contributed by atoms with Gasteiger partial charge in [0.1, 0.15) is 0 Å². The van der Waals surface area contributed by atoms with Crippen LogP contribution in [-0.4, -0.2) is 64.1 Å². The Morgan fingerprint density at radius 1 is 1.12 bits per heavy atom. The fourth-order valence-corrected chi connectivity index (χ4v) is 5.02. The fourth-order valence-electron chi connectivity index (χ4n) is 4.34. The first-order valence-electron chi connectivity index (χ1n) is 11.5. The predicted molar refractivity (Wildman–Crippen MR) is 121 cm³/mol. The van der Waals surface area contributed by atoms with Crippen LogP contribution in [0.3, 0.4) is 0 Å². The van der Waals surface area contributed by atoms with Crippen molar-refractivity contribution in [2.24, 2.45) is 11.3 Å². The number of halogens is 3. The van der Waals surface area contributed by atoms with Crippen LogP contribution in [0.1, 0.15) is 54.9 Å². The van der Waals surface area contributed by atoms with Crippen molar-refractivity contribution in [3.05, 3.63) is 29.3 Å². The lowest BCUT2D eigenvalue weighted by Gasteiger charge is -2.37. The number of carbonyl (C=O) groups is 2. The first-order chi connectivity index (χ1) is 15.8. The Balaban J connectivity index is 1.46. The molecule has 2 amide bonds. The molecule has 1 aliphatic heterocycles. The molecule has 1 aliphatic carbocycles. The monoisotopic (exact) mass is 503 g/mol. The maximum absolute atomic E-state index is 13.2. The van der Waals surface area contributed by atoms with Gasteiger partial charge in [-0.15, -0.1) is 0 Å². The van der Waals surface area contributed by atoms with Crippen molar-refractivity contribution in [1.29, 1.82) is 0 Å². The van der Waals surface area contributed by atoms with Gasteiger partial charge in [-0.25, -0.2) is 8.42 Å². The van der Waals surface area contributed by atoms with Gasteiger partial charge < -0.3 is 15.5 Å². The van der Waals surface area contributed by atoms with Gasteiger partial charge in [0.15, 0.2) is 9.84 Å². The van der Waals surface area contributed by atoms with Gasteiger partial charge in [0.25, 0.3) is 5.91 Å². The molecule has 11 heteroatoms. The zero-order valence-corrected chi connectivity index (χ0v) is 20.3. The molecule has 190 valence electrons. The minimum atomic E-state index is -4.77. The zero-order valence-electron chi connectivity index (χ0n) is 19.5. The smallest absolute Gasteiger partial charge is 0.354 e. The summed E-state index contributed by atoms with van der Waals surface area (Å²) < 4.78 is 63.1. The second kappa shape index (κ2) is 10.2. The van der Waals surface area contributed by atoms with Crippen molar-refractivity contribution in [2.45, 2.75) is 50.1 Å². The summed E-state index contributed by atoms with van der Waals surface area (Å²) >= 11 is 0. The molecule has 1 heterocycles. The van der Waals surface area contributed by atoms with E-state index in [0.29, 0.717) is 25.2 Å². The molecule has 0 unspecified atom stereocenters.